The Labute approximate surface area is 197 Å². The zero-order valence-electron chi connectivity index (χ0n) is 17.1. The summed E-state index contributed by atoms with van der Waals surface area (Å²) in [6.07, 6.45) is 2.00. The zero-order valence-corrected chi connectivity index (χ0v) is 18.7. The van der Waals surface area contributed by atoms with Gasteiger partial charge in [0, 0.05) is 11.4 Å². The third-order valence-corrected chi connectivity index (χ3v) is 6.08. The fraction of sp³-hybridized carbons (Fsp3) is 0.0400. The van der Waals surface area contributed by atoms with E-state index in [9.17, 15) is 9.59 Å². The lowest BCUT2D eigenvalue weighted by atomic mass is 10.1. The Kier molecular flexibility index (Phi) is 5.73. The highest BCUT2D eigenvalue weighted by atomic mass is 35.5. The molecule has 0 atom stereocenters. The molecule has 0 amide bonds. The van der Waals surface area contributed by atoms with Crippen LogP contribution in [0.2, 0.25) is 5.02 Å². The number of halogens is 1. The van der Waals surface area contributed by atoms with Crippen LogP contribution in [0, 0.1) is 0 Å². The van der Waals surface area contributed by atoms with Crippen molar-refractivity contribution in [3.05, 3.63) is 126 Å². The van der Waals surface area contributed by atoms with Crippen LogP contribution in [0.5, 0.6) is 11.5 Å². The maximum absolute atomic E-state index is 13.0. The van der Waals surface area contributed by atoms with E-state index in [4.69, 9.17) is 16.3 Å². The maximum atomic E-state index is 13.0. The van der Waals surface area contributed by atoms with Crippen molar-refractivity contribution in [1.29, 1.82) is 0 Å². The highest BCUT2D eigenvalue weighted by molar-refractivity contribution is 7.15. The van der Waals surface area contributed by atoms with Gasteiger partial charge in [-0.2, -0.15) is 14.6 Å². The van der Waals surface area contributed by atoms with E-state index in [1.165, 1.54) is 4.52 Å². The Bertz CT molecular complexity index is 1610. The topological polar surface area (TPSA) is 73.6 Å². The van der Waals surface area contributed by atoms with E-state index in [1.54, 1.807) is 18.2 Å². The number of fused-ring (bicyclic) bond motifs is 1. The third kappa shape index (κ3) is 4.69. The van der Waals surface area contributed by atoms with Gasteiger partial charge in [-0.1, -0.05) is 65.4 Å². The number of hydrogen-bond acceptors (Lipinski definition) is 6. The zero-order chi connectivity index (χ0) is 22.8. The fourth-order valence-corrected chi connectivity index (χ4v) is 4.32. The molecule has 2 heterocycles. The minimum Gasteiger partial charge on any atom is -0.457 e. The van der Waals surface area contributed by atoms with Crippen LogP contribution in [0.1, 0.15) is 16.8 Å². The molecule has 5 rings (SSSR count). The van der Waals surface area contributed by atoms with Crippen LogP contribution in [-0.4, -0.2) is 14.6 Å². The van der Waals surface area contributed by atoms with Crippen molar-refractivity contribution in [3.63, 3.8) is 0 Å². The lowest BCUT2D eigenvalue weighted by Crippen LogP contribution is -2.28. The number of hydrogen-bond donors (Lipinski definition) is 0. The van der Waals surface area contributed by atoms with Crippen molar-refractivity contribution in [2.75, 3.05) is 0 Å². The normalized spacial score (nSPS) is 11.7. The Morgan fingerprint density at radius 1 is 0.939 bits per heavy atom. The molecule has 162 valence electrons. The van der Waals surface area contributed by atoms with Crippen LogP contribution in [-0.2, 0) is 6.42 Å². The van der Waals surface area contributed by atoms with Crippen LogP contribution >= 0.6 is 22.9 Å². The molecule has 0 aliphatic rings. The molecule has 0 spiro atoms. The van der Waals surface area contributed by atoms with Crippen molar-refractivity contribution in [3.8, 4) is 11.5 Å². The van der Waals surface area contributed by atoms with Crippen molar-refractivity contribution < 1.29 is 4.74 Å². The summed E-state index contributed by atoms with van der Waals surface area (Å²) < 4.78 is 7.48. The Morgan fingerprint density at radius 3 is 2.48 bits per heavy atom. The van der Waals surface area contributed by atoms with Crippen molar-refractivity contribution in [1.82, 2.24) is 14.6 Å². The number of nitrogens with zero attached hydrogens (tertiary/aromatic N) is 3. The summed E-state index contributed by atoms with van der Waals surface area (Å²) in [4.78, 5) is 29.8. The Morgan fingerprint density at radius 2 is 1.70 bits per heavy atom. The molecule has 2 aromatic heterocycles. The van der Waals surface area contributed by atoms with Gasteiger partial charge in [0.25, 0.3) is 11.1 Å². The highest BCUT2D eigenvalue weighted by Crippen LogP contribution is 2.22. The molecule has 8 heteroatoms. The summed E-state index contributed by atoms with van der Waals surface area (Å²) in [5.41, 5.74) is 1.08. The van der Waals surface area contributed by atoms with Gasteiger partial charge in [0.2, 0.25) is 4.96 Å². The molecule has 0 N–H and O–H groups in total. The van der Waals surface area contributed by atoms with Gasteiger partial charge in [-0.05, 0) is 53.6 Å². The minimum absolute atomic E-state index is 0.203. The number of aromatic nitrogens is 3. The van der Waals surface area contributed by atoms with E-state index in [0.29, 0.717) is 15.3 Å². The summed E-state index contributed by atoms with van der Waals surface area (Å²) in [6.45, 7) is 0. The standard InChI is InChI=1S/C25H16ClN3O3S/c26-18-11-9-16(10-12-18)14-21-23(30)27-25-29(28-21)24(31)22(33-25)15-17-5-4-8-20(13-17)32-19-6-2-1-3-7-19/h1-13,15H,14H2/b22-15-. The lowest BCUT2D eigenvalue weighted by Gasteiger charge is -2.05. The summed E-state index contributed by atoms with van der Waals surface area (Å²) in [5, 5.41) is 4.90. The number of ether oxygens (including phenoxy) is 1. The first-order chi connectivity index (χ1) is 16.0. The summed E-state index contributed by atoms with van der Waals surface area (Å²) >= 11 is 7.04. The molecule has 6 nitrogen and oxygen atoms in total. The molecular formula is C25H16ClN3O3S. The van der Waals surface area contributed by atoms with Crippen LogP contribution in [0.3, 0.4) is 0 Å². The number of rotatable bonds is 5. The Hall–Kier alpha value is -3.81. The van der Waals surface area contributed by atoms with E-state index >= 15 is 0 Å². The van der Waals surface area contributed by atoms with E-state index < -0.39 is 5.56 Å². The van der Waals surface area contributed by atoms with E-state index in [1.807, 2.05) is 66.7 Å². The van der Waals surface area contributed by atoms with Gasteiger partial charge in [-0.3, -0.25) is 9.59 Å². The predicted molar refractivity (Wildman–Crippen MR) is 129 cm³/mol. The van der Waals surface area contributed by atoms with Gasteiger partial charge >= 0.3 is 0 Å². The van der Waals surface area contributed by atoms with Crippen LogP contribution in [0.25, 0.3) is 11.0 Å². The fourth-order valence-electron chi connectivity index (χ4n) is 3.29. The largest absolute Gasteiger partial charge is 0.457 e. The molecule has 0 bridgehead atoms. The second-order valence-corrected chi connectivity index (χ2v) is 8.71. The van der Waals surface area contributed by atoms with Crippen LogP contribution < -0.4 is 20.4 Å². The molecule has 0 aliphatic heterocycles. The molecule has 0 unspecified atom stereocenters. The van der Waals surface area contributed by atoms with Gasteiger partial charge in [-0.25, -0.2) is 0 Å². The van der Waals surface area contributed by atoms with Crippen LogP contribution in [0.4, 0.5) is 0 Å². The molecule has 33 heavy (non-hydrogen) atoms. The molecule has 0 radical (unpaired) electrons. The first-order valence-corrected chi connectivity index (χ1v) is 11.3. The molecule has 3 aromatic carbocycles. The van der Waals surface area contributed by atoms with Gasteiger partial charge in [0.1, 0.15) is 17.2 Å². The average Bonchev–Trinajstić information content (AvgIpc) is 3.10. The Balaban J connectivity index is 1.49. The molecular weight excluding hydrogens is 458 g/mol. The number of thiazole rings is 1. The maximum Gasteiger partial charge on any atom is 0.296 e. The number of benzene rings is 3. The third-order valence-electron chi connectivity index (χ3n) is 4.87. The molecule has 0 aliphatic carbocycles. The summed E-state index contributed by atoms with van der Waals surface area (Å²) in [6, 6.07) is 24.0. The van der Waals surface area contributed by atoms with E-state index in [0.717, 1.165) is 28.2 Å². The van der Waals surface area contributed by atoms with Crippen LogP contribution in [0.15, 0.2) is 88.5 Å². The molecule has 5 aromatic rings. The first kappa shape index (κ1) is 21.1. The lowest BCUT2D eigenvalue weighted by molar-refractivity contribution is 0.482. The molecule has 0 saturated heterocycles. The minimum atomic E-state index is -0.448. The highest BCUT2D eigenvalue weighted by Gasteiger charge is 2.12. The SMILES string of the molecule is O=c1nc2s/c(=C\c3cccc(Oc4ccccc4)c3)c(=O)n2nc1Cc1ccc(Cl)cc1. The second-order valence-electron chi connectivity index (χ2n) is 7.26. The summed E-state index contributed by atoms with van der Waals surface area (Å²) in [5.74, 6) is 1.38. The van der Waals surface area contributed by atoms with E-state index in [2.05, 4.69) is 10.1 Å². The van der Waals surface area contributed by atoms with Gasteiger partial charge in [0.05, 0.1) is 4.53 Å². The second kappa shape index (κ2) is 8.97. The average molecular weight is 474 g/mol. The number of para-hydroxylation sites is 1. The van der Waals surface area contributed by atoms with Gasteiger partial charge in [-0.15, -0.1) is 0 Å². The monoisotopic (exact) mass is 473 g/mol. The first-order valence-electron chi connectivity index (χ1n) is 10.1. The van der Waals surface area contributed by atoms with Gasteiger partial charge in [0.15, 0.2) is 0 Å². The van der Waals surface area contributed by atoms with Gasteiger partial charge < -0.3 is 4.74 Å². The molecule has 0 saturated carbocycles. The smallest absolute Gasteiger partial charge is 0.296 e. The van der Waals surface area contributed by atoms with Crippen molar-refractivity contribution in [2.24, 2.45) is 0 Å². The molecule has 0 fully saturated rings. The summed E-state index contributed by atoms with van der Waals surface area (Å²) in [7, 11) is 0. The van der Waals surface area contributed by atoms with E-state index in [-0.39, 0.29) is 22.6 Å². The van der Waals surface area contributed by atoms with Crippen molar-refractivity contribution in [2.45, 2.75) is 6.42 Å². The predicted octanol–water partition coefficient (Wildman–Crippen LogP) is 4.10. The van der Waals surface area contributed by atoms with Crippen molar-refractivity contribution >= 4 is 34.0 Å². The quantitative estimate of drug-likeness (QED) is 0.384.